The number of aryl methyl sites for hydroxylation is 3. The summed E-state index contributed by atoms with van der Waals surface area (Å²) >= 11 is 6.61. The third-order valence-corrected chi connectivity index (χ3v) is 5.92. The van der Waals surface area contributed by atoms with E-state index in [0.717, 1.165) is 42.9 Å². The summed E-state index contributed by atoms with van der Waals surface area (Å²) in [4.78, 5) is 19.0. The maximum atomic E-state index is 13.3. The lowest BCUT2D eigenvalue weighted by Crippen LogP contribution is -2.38. The highest BCUT2D eigenvalue weighted by atomic mass is 35.5. The second-order valence-corrected chi connectivity index (χ2v) is 8.38. The van der Waals surface area contributed by atoms with Gasteiger partial charge in [-0.05, 0) is 62.7 Å². The molecule has 2 aromatic carbocycles. The number of anilines is 1. The molecule has 1 aliphatic heterocycles. The van der Waals surface area contributed by atoms with Crippen molar-refractivity contribution in [3.8, 4) is 11.4 Å². The van der Waals surface area contributed by atoms with Crippen LogP contribution < -0.4 is 15.2 Å². The average molecular weight is 442 g/mol. The van der Waals surface area contributed by atoms with Crippen molar-refractivity contribution in [2.24, 2.45) is 0 Å². The zero-order valence-electron chi connectivity index (χ0n) is 17.9. The minimum atomic E-state index is -0.253. The molecule has 0 amide bonds. The number of aromatic nitrogens is 2. The van der Waals surface area contributed by atoms with E-state index in [9.17, 15) is 9.18 Å². The molecule has 162 valence electrons. The van der Waals surface area contributed by atoms with E-state index < -0.39 is 0 Å². The summed E-state index contributed by atoms with van der Waals surface area (Å²) in [5.41, 5.74) is 3.02. The van der Waals surface area contributed by atoms with Gasteiger partial charge in [-0.2, -0.15) is 0 Å². The molecule has 1 aromatic heterocycles. The van der Waals surface area contributed by atoms with Crippen LogP contribution in [0.5, 0.6) is 5.75 Å². The van der Waals surface area contributed by atoms with Gasteiger partial charge in [-0.3, -0.25) is 9.36 Å². The van der Waals surface area contributed by atoms with Crippen LogP contribution in [0.2, 0.25) is 5.02 Å². The second-order valence-electron chi connectivity index (χ2n) is 7.97. The topological polar surface area (TPSA) is 47.4 Å². The van der Waals surface area contributed by atoms with Crippen LogP contribution in [-0.2, 0) is 0 Å². The van der Waals surface area contributed by atoms with Crippen molar-refractivity contribution in [1.82, 2.24) is 9.55 Å². The molecule has 0 atom stereocenters. The van der Waals surface area contributed by atoms with Crippen LogP contribution in [0.25, 0.3) is 5.69 Å². The molecule has 0 bridgehead atoms. The van der Waals surface area contributed by atoms with Crippen LogP contribution in [0.3, 0.4) is 0 Å². The van der Waals surface area contributed by atoms with Crippen LogP contribution in [-0.4, -0.2) is 28.7 Å². The number of hydrogen-bond donors (Lipinski definition) is 0. The maximum Gasteiger partial charge on any atom is 0.258 e. The van der Waals surface area contributed by atoms with Gasteiger partial charge in [-0.15, -0.1) is 0 Å². The van der Waals surface area contributed by atoms with Crippen molar-refractivity contribution < 1.29 is 9.13 Å². The highest BCUT2D eigenvalue weighted by molar-refractivity contribution is 6.33. The fourth-order valence-corrected chi connectivity index (χ4v) is 4.38. The predicted octanol–water partition coefficient (Wildman–Crippen LogP) is 5.00. The standard InChI is InChI=1S/C24H25ClFN3O2/c1-15-12-18(26)4-7-23(15)31-20-8-10-28(11-9-20)22-6-5-19(14-21(22)25)29-17(3)27-16(2)13-24(29)30/h4-7,12-14,20H,8-11H2,1-3H3. The average Bonchev–Trinajstić information content (AvgIpc) is 2.70. The van der Waals surface area contributed by atoms with Crippen LogP contribution in [0.1, 0.15) is 29.9 Å². The quantitative estimate of drug-likeness (QED) is 0.571. The molecule has 7 heteroatoms. The Bertz CT molecular complexity index is 1170. The van der Waals surface area contributed by atoms with Crippen LogP contribution in [0, 0.1) is 26.6 Å². The molecule has 1 aliphatic rings. The number of benzene rings is 2. The Morgan fingerprint density at radius 1 is 1.06 bits per heavy atom. The third kappa shape index (κ3) is 4.59. The largest absolute Gasteiger partial charge is 0.490 e. The smallest absolute Gasteiger partial charge is 0.258 e. The van der Waals surface area contributed by atoms with Crippen molar-refractivity contribution in [2.75, 3.05) is 18.0 Å². The molecule has 0 saturated carbocycles. The maximum absolute atomic E-state index is 13.3. The summed E-state index contributed by atoms with van der Waals surface area (Å²) in [6, 6.07) is 11.8. The second kappa shape index (κ2) is 8.71. The Labute approximate surface area is 186 Å². The molecule has 0 N–H and O–H groups in total. The van der Waals surface area contributed by atoms with Crippen molar-refractivity contribution in [3.63, 3.8) is 0 Å². The van der Waals surface area contributed by atoms with Gasteiger partial charge >= 0.3 is 0 Å². The van der Waals surface area contributed by atoms with Crippen LogP contribution >= 0.6 is 11.6 Å². The summed E-state index contributed by atoms with van der Waals surface area (Å²) in [6.07, 6.45) is 1.77. The molecule has 0 aliphatic carbocycles. The van der Waals surface area contributed by atoms with Gasteiger partial charge in [0, 0.05) is 37.7 Å². The fourth-order valence-electron chi connectivity index (χ4n) is 4.08. The molecule has 31 heavy (non-hydrogen) atoms. The molecule has 4 rings (SSSR count). The van der Waals surface area contributed by atoms with Crippen LogP contribution in [0.4, 0.5) is 10.1 Å². The van der Waals surface area contributed by atoms with Crippen molar-refractivity contribution >= 4 is 17.3 Å². The monoisotopic (exact) mass is 441 g/mol. The zero-order chi connectivity index (χ0) is 22.1. The van der Waals surface area contributed by atoms with Crippen molar-refractivity contribution in [3.05, 3.63) is 80.7 Å². The van der Waals surface area contributed by atoms with E-state index in [-0.39, 0.29) is 17.5 Å². The minimum absolute atomic E-state index is 0.0818. The Kier molecular flexibility index (Phi) is 6.01. The number of piperidine rings is 1. The molecular weight excluding hydrogens is 417 g/mol. The first kappa shape index (κ1) is 21.4. The molecule has 5 nitrogen and oxygen atoms in total. The van der Waals surface area contributed by atoms with Crippen molar-refractivity contribution in [2.45, 2.75) is 39.7 Å². The van der Waals surface area contributed by atoms with Crippen molar-refractivity contribution in [1.29, 1.82) is 0 Å². The predicted molar refractivity (Wildman–Crippen MR) is 121 cm³/mol. The number of nitrogens with zero attached hydrogens (tertiary/aromatic N) is 3. The van der Waals surface area contributed by atoms with E-state index in [1.54, 1.807) is 17.6 Å². The molecule has 0 unspecified atom stereocenters. The summed E-state index contributed by atoms with van der Waals surface area (Å²) in [7, 11) is 0. The molecular formula is C24H25ClFN3O2. The molecule has 1 fully saturated rings. The molecule has 1 saturated heterocycles. The van der Waals surface area contributed by atoms with Gasteiger partial charge < -0.3 is 9.64 Å². The highest BCUT2D eigenvalue weighted by Crippen LogP contribution is 2.31. The number of hydrogen-bond acceptors (Lipinski definition) is 4. The SMILES string of the molecule is Cc1cc(=O)n(-c2ccc(N3CCC(Oc4ccc(F)cc4C)CC3)c(Cl)c2)c(C)n1. The lowest BCUT2D eigenvalue weighted by atomic mass is 10.1. The zero-order valence-corrected chi connectivity index (χ0v) is 18.6. The van der Waals surface area contributed by atoms with Crippen LogP contribution in [0.15, 0.2) is 47.3 Å². The first-order valence-electron chi connectivity index (χ1n) is 10.4. The number of halogens is 2. The summed E-state index contributed by atoms with van der Waals surface area (Å²) in [5.74, 6) is 1.11. The summed E-state index contributed by atoms with van der Waals surface area (Å²) in [6.45, 7) is 7.07. The van der Waals surface area contributed by atoms with Gasteiger partial charge in [0.05, 0.1) is 16.4 Å². The highest BCUT2D eigenvalue weighted by Gasteiger charge is 2.23. The molecule has 0 radical (unpaired) electrons. The van der Waals surface area contributed by atoms with E-state index in [1.165, 1.54) is 18.2 Å². The van der Waals surface area contributed by atoms with Gasteiger partial charge in [0.1, 0.15) is 23.5 Å². The van der Waals surface area contributed by atoms with E-state index in [4.69, 9.17) is 16.3 Å². The van der Waals surface area contributed by atoms with Gasteiger partial charge in [0.2, 0.25) is 0 Å². The first-order valence-corrected chi connectivity index (χ1v) is 10.7. The molecule has 2 heterocycles. The van der Waals surface area contributed by atoms with E-state index in [2.05, 4.69) is 9.88 Å². The summed E-state index contributed by atoms with van der Waals surface area (Å²) < 4.78 is 21.0. The lowest BCUT2D eigenvalue weighted by Gasteiger charge is -2.34. The molecule has 3 aromatic rings. The van der Waals surface area contributed by atoms with Gasteiger partial charge in [0.15, 0.2) is 0 Å². The third-order valence-electron chi connectivity index (χ3n) is 5.62. The van der Waals surface area contributed by atoms with Gasteiger partial charge in [-0.1, -0.05) is 11.6 Å². The Hall–Kier alpha value is -2.86. The van der Waals surface area contributed by atoms with E-state index in [1.807, 2.05) is 32.0 Å². The van der Waals surface area contributed by atoms with Gasteiger partial charge in [-0.25, -0.2) is 9.37 Å². The number of rotatable bonds is 4. The first-order chi connectivity index (χ1) is 14.8. The summed E-state index contributed by atoms with van der Waals surface area (Å²) in [5, 5.41) is 0.595. The Balaban J connectivity index is 1.46. The number of ether oxygens (including phenoxy) is 1. The molecule has 0 spiro atoms. The minimum Gasteiger partial charge on any atom is -0.490 e. The Morgan fingerprint density at radius 2 is 1.81 bits per heavy atom. The fraction of sp³-hybridized carbons (Fsp3) is 0.333. The normalized spacial score (nSPS) is 14.7. The van der Waals surface area contributed by atoms with E-state index in [0.29, 0.717) is 22.2 Å². The van der Waals surface area contributed by atoms with Gasteiger partial charge in [0.25, 0.3) is 5.56 Å². The lowest BCUT2D eigenvalue weighted by molar-refractivity contribution is 0.169. The van der Waals surface area contributed by atoms with E-state index >= 15 is 0 Å². The Morgan fingerprint density at radius 3 is 2.45 bits per heavy atom.